The van der Waals surface area contributed by atoms with Gasteiger partial charge in [-0.1, -0.05) is 24.1 Å². The molecule has 10 heteroatoms. The smallest absolute Gasteiger partial charge is 0.268 e. The molecule has 0 radical (unpaired) electrons. The fraction of sp³-hybridized carbons (Fsp3) is 0.321. The number of aromatic nitrogens is 1. The molecule has 3 aromatic rings. The second kappa shape index (κ2) is 8.94. The lowest BCUT2D eigenvalue weighted by atomic mass is 9.79. The first-order valence-electron chi connectivity index (χ1n) is 12.1. The maximum Gasteiger partial charge on any atom is 0.268 e. The van der Waals surface area contributed by atoms with Crippen molar-refractivity contribution in [3.63, 3.8) is 0 Å². The van der Waals surface area contributed by atoms with Crippen LogP contribution in [0.4, 0.5) is 18.9 Å². The molecule has 1 fully saturated rings. The third-order valence-electron chi connectivity index (χ3n) is 7.15. The van der Waals surface area contributed by atoms with E-state index in [-0.39, 0.29) is 41.9 Å². The van der Waals surface area contributed by atoms with Crippen LogP contribution in [-0.4, -0.2) is 51.9 Å². The molecule has 5 rings (SSSR count). The van der Waals surface area contributed by atoms with Gasteiger partial charge in [0.2, 0.25) is 11.8 Å². The lowest BCUT2D eigenvalue weighted by Gasteiger charge is -2.30. The molecular formula is C28H25F3N4O3. The van der Waals surface area contributed by atoms with Gasteiger partial charge in [0.25, 0.3) is 5.91 Å². The molecule has 38 heavy (non-hydrogen) atoms. The first kappa shape index (κ1) is 25.4. The molecule has 2 aromatic carbocycles. The van der Waals surface area contributed by atoms with Gasteiger partial charge in [-0.3, -0.25) is 14.4 Å². The zero-order valence-electron chi connectivity index (χ0n) is 20.7. The second-order valence-corrected chi connectivity index (χ2v) is 10.4. The summed E-state index contributed by atoms with van der Waals surface area (Å²) in [6.45, 7) is 2.50. The summed E-state index contributed by atoms with van der Waals surface area (Å²) in [7, 11) is 0. The second-order valence-electron chi connectivity index (χ2n) is 10.4. The number of halogens is 3. The van der Waals surface area contributed by atoms with Gasteiger partial charge >= 0.3 is 0 Å². The van der Waals surface area contributed by atoms with Gasteiger partial charge in [0.05, 0.1) is 17.0 Å². The fourth-order valence-corrected chi connectivity index (χ4v) is 5.42. The number of terminal acetylenes is 1. The van der Waals surface area contributed by atoms with Crippen LogP contribution in [0, 0.1) is 24.0 Å². The predicted molar refractivity (Wildman–Crippen MR) is 135 cm³/mol. The van der Waals surface area contributed by atoms with E-state index in [2.05, 4.69) is 21.5 Å². The van der Waals surface area contributed by atoms with Crippen LogP contribution in [0.15, 0.2) is 42.5 Å². The average Bonchev–Trinajstić information content (AvgIpc) is 3.52. The van der Waals surface area contributed by atoms with Crippen molar-refractivity contribution >= 4 is 34.3 Å². The normalized spacial score (nSPS) is 21.3. The molecule has 2 aliphatic heterocycles. The monoisotopic (exact) mass is 522 g/mol. The van der Waals surface area contributed by atoms with Crippen molar-refractivity contribution in [2.75, 3.05) is 11.9 Å². The number of carbonyl (C=O) groups is 3. The summed E-state index contributed by atoms with van der Waals surface area (Å²) in [5, 5.41) is 5.36. The van der Waals surface area contributed by atoms with Crippen molar-refractivity contribution < 1.29 is 27.6 Å². The van der Waals surface area contributed by atoms with E-state index in [1.807, 2.05) is 0 Å². The Morgan fingerprint density at radius 1 is 1.26 bits per heavy atom. The number of fused-ring (bicyclic) bond motifs is 3. The molecule has 196 valence electrons. The number of amides is 3. The predicted octanol–water partition coefficient (Wildman–Crippen LogP) is 3.81. The zero-order valence-corrected chi connectivity index (χ0v) is 20.7. The quantitative estimate of drug-likeness (QED) is 0.445. The van der Waals surface area contributed by atoms with Gasteiger partial charge in [-0.25, -0.2) is 13.2 Å². The molecule has 0 bridgehead atoms. The number of benzene rings is 2. The lowest BCUT2D eigenvalue weighted by molar-refractivity contribution is -0.134. The van der Waals surface area contributed by atoms with Gasteiger partial charge < -0.3 is 20.5 Å². The van der Waals surface area contributed by atoms with Gasteiger partial charge in [0, 0.05) is 30.1 Å². The molecule has 7 nitrogen and oxygen atoms in total. The molecule has 1 aromatic heterocycles. The molecule has 3 heterocycles. The van der Waals surface area contributed by atoms with Gasteiger partial charge in [-0.2, -0.15) is 0 Å². The molecule has 0 unspecified atom stereocenters. The van der Waals surface area contributed by atoms with Gasteiger partial charge in [-0.05, 0) is 44.0 Å². The zero-order chi connectivity index (χ0) is 27.4. The van der Waals surface area contributed by atoms with Crippen LogP contribution in [0.25, 0.3) is 10.9 Å². The van der Waals surface area contributed by atoms with Crippen LogP contribution in [0.1, 0.15) is 42.7 Å². The van der Waals surface area contributed by atoms with E-state index in [0.29, 0.717) is 11.8 Å². The highest BCUT2D eigenvalue weighted by atomic mass is 19.1. The van der Waals surface area contributed by atoms with Crippen molar-refractivity contribution in [3.05, 3.63) is 65.4 Å². The molecule has 0 saturated carbocycles. The molecule has 1 spiro atoms. The van der Waals surface area contributed by atoms with E-state index < -0.39 is 46.6 Å². The molecule has 3 amide bonds. The molecule has 3 atom stereocenters. The number of nitrogens with zero attached hydrogens (tertiary/aromatic N) is 1. The summed E-state index contributed by atoms with van der Waals surface area (Å²) in [5.41, 5.74) is -1.64. The van der Waals surface area contributed by atoms with Crippen molar-refractivity contribution in [2.24, 2.45) is 0 Å². The number of carbonyl (C=O) groups excluding carboxylic acids is 3. The van der Waals surface area contributed by atoms with Crippen LogP contribution in [0.2, 0.25) is 0 Å². The van der Waals surface area contributed by atoms with E-state index in [4.69, 9.17) is 6.42 Å². The third-order valence-corrected chi connectivity index (χ3v) is 7.15. The Labute approximate surface area is 216 Å². The largest absolute Gasteiger partial charge is 0.350 e. The molecule has 3 N–H and O–H groups in total. The number of anilines is 1. The lowest BCUT2D eigenvalue weighted by Crippen LogP contribution is -2.52. The van der Waals surface area contributed by atoms with E-state index in [0.717, 1.165) is 11.6 Å². The Kier molecular flexibility index (Phi) is 5.97. The van der Waals surface area contributed by atoms with Gasteiger partial charge in [0.15, 0.2) is 0 Å². The minimum absolute atomic E-state index is 0.00922. The molecule has 1 saturated heterocycles. The van der Waals surface area contributed by atoms with E-state index in [1.165, 1.54) is 24.8 Å². The summed E-state index contributed by atoms with van der Waals surface area (Å²) in [6.07, 6.45) is 5.55. The van der Waals surface area contributed by atoms with Gasteiger partial charge in [0.1, 0.15) is 29.0 Å². The van der Waals surface area contributed by atoms with E-state index >= 15 is 0 Å². The summed E-state index contributed by atoms with van der Waals surface area (Å²) in [4.78, 5) is 43.9. The van der Waals surface area contributed by atoms with Crippen LogP contribution < -0.4 is 10.6 Å². The maximum atomic E-state index is 14.8. The number of likely N-dealkylation sites (tertiary alicyclic amines) is 1. The SMILES string of the molecule is C#C[C@@H]1C[C@@]2(CN1C(=O)[C@H](CC(C)(C)F)NC(=O)c1cc3c(F)cc(F)cc3[nH]1)C(=O)Nc1ccccc12. The van der Waals surface area contributed by atoms with Gasteiger partial charge in [-0.15, -0.1) is 6.42 Å². The first-order chi connectivity index (χ1) is 17.9. The van der Waals surface area contributed by atoms with E-state index in [1.54, 1.807) is 24.3 Å². The number of alkyl halides is 1. The number of H-pyrrole nitrogens is 1. The Hall–Kier alpha value is -4.26. The Morgan fingerprint density at radius 3 is 2.71 bits per heavy atom. The summed E-state index contributed by atoms with van der Waals surface area (Å²) in [5.74, 6) is -0.852. The number of para-hydroxylation sites is 1. The third kappa shape index (κ3) is 4.28. The fourth-order valence-electron chi connectivity index (χ4n) is 5.42. The van der Waals surface area contributed by atoms with Crippen LogP contribution in [-0.2, 0) is 15.0 Å². The molecule has 2 aliphatic rings. The Bertz CT molecular complexity index is 1520. The van der Waals surface area contributed by atoms with Crippen molar-refractivity contribution in [3.8, 4) is 12.3 Å². The Morgan fingerprint density at radius 2 is 2.00 bits per heavy atom. The summed E-state index contributed by atoms with van der Waals surface area (Å²) < 4.78 is 42.6. The van der Waals surface area contributed by atoms with Crippen molar-refractivity contribution in [2.45, 2.75) is 49.9 Å². The first-order valence-corrected chi connectivity index (χ1v) is 12.1. The average molecular weight is 523 g/mol. The summed E-state index contributed by atoms with van der Waals surface area (Å²) in [6, 6.07) is 7.94. The number of nitrogens with one attached hydrogen (secondary N) is 3. The standard InChI is InChI=1S/C28H25F3N4O3/c1-4-16-12-28(18-7-5-6-8-20(18)34-26(28)38)14-35(16)25(37)23(13-27(2,3)31)33-24(36)22-11-17-19(30)9-15(29)10-21(17)32-22/h1,5-11,16,23,32H,12-14H2,2-3H3,(H,33,36)(H,34,38)/t16-,23+,28+/m1/s1. The molecule has 0 aliphatic carbocycles. The topological polar surface area (TPSA) is 94.3 Å². The number of hydrogen-bond donors (Lipinski definition) is 3. The summed E-state index contributed by atoms with van der Waals surface area (Å²) >= 11 is 0. The highest BCUT2D eigenvalue weighted by Crippen LogP contribution is 2.46. The van der Waals surface area contributed by atoms with Crippen LogP contribution >= 0.6 is 0 Å². The maximum absolute atomic E-state index is 14.8. The van der Waals surface area contributed by atoms with E-state index in [9.17, 15) is 27.6 Å². The number of hydrogen-bond acceptors (Lipinski definition) is 3. The van der Waals surface area contributed by atoms with Crippen molar-refractivity contribution in [1.82, 2.24) is 15.2 Å². The minimum atomic E-state index is -1.86. The highest BCUT2D eigenvalue weighted by molar-refractivity contribution is 6.07. The minimum Gasteiger partial charge on any atom is -0.350 e. The number of aromatic amines is 1. The van der Waals surface area contributed by atoms with Crippen molar-refractivity contribution in [1.29, 1.82) is 0 Å². The number of rotatable bonds is 5. The Balaban J connectivity index is 1.45. The highest BCUT2D eigenvalue weighted by Gasteiger charge is 2.56. The molecular weight excluding hydrogens is 497 g/mol. The van der Waals surface area contributed by atoms with Crippen LogP contribution in [0.3, 0.4) is 0 Å². The van der Waals surface area contributed by atoms with Crippen LogP contribution in [0.5, 0.6) is 0 Å².